The monoisotopic (exact) mass is 684 g/mol. The fourth-order valence-corrected chi connectivity index (χ4v) is 15.3. The Bertz CT molecular complexity index is 1990. The van der Waals surface area contributed by atoms with Crippen molar-refractivity contribution in [2.24, 2.45) is 0 Å². The molecule has 0 aromatic heterocycles. The van der Waals surface area contributed by atoms with Gasteiger partial charge in [0.2, 0.25) is 0 Å². The summed E-state index contributed by atoms with van der Waals surface area (Å²) in [5.41, 5.74) is 14.4. The summed E-state index contributed by atoms with van der Waals surface area (Å²) in [4.78, 5) is 0. The maximum Gasteiger partial charge on any atom is -1.00 e. The predicted octanol–water partition coefficient (Wildman–Crippen LogP) is 4.50. The second kappa shape index (κ2) is 12.2. The topological polar surface area (TPSA) is 0 Å². The number of allylic oxidation sites excluding steroid dienone is 2. The van der Waals surface area contributed by atoms with Crippen LogP contribution in [0.4, 0.5) is 0 Å². The number of hydrogen-bond acceptors (Lipinski definition) is 0. The Morgan fingerprint density at radius 3 is 1.23 bits per heavy atom. The van der Waals surface area contributed by atoms with Gasteiger partial charge in [-0.3, -0.25) is 0 Å². The zero-order valence-electron chi connectivity index (χ0n) is 24.8. The van der Waals surface area contributed by atoms with E-state index in [-0.39, 0.29) is 24.8 Å². The van der Waals surface area contributed by atoms with Crippen molar-refractivity contribution in [3.63, 3.8) is 0 Å². The van der Waals surface area contributed by atoms with Crippen LogP contribution in [-0.4, -0.2) is 4.21 Å². The van der Waals surface area contributed by atoms with E-state index in [9.17, 15) is 0 Å². The molecule has 0 fully saturated rings. The van der Waals surface area contributed by atoms with Crippen LogP contribution in [0.5, 0.6) is 0 Å². The molecule has 214 valence electrons. The molecule has 0 saturated heterocycles. The zero-order valence-corrected chi connectivity index (χ0v) is 28.8. The molecule has 6 aromatic rings. The molecule has 0 saturated carbocycles. The van der Waals surface area contributed by atoms with E-state index in [4.69, 9.17) is 4.21 Å². The molecule has 0 N–H and O–H groups in total. The van der Waals surface area contributed by atoms with Crippen LogP contribution in [0.2, 0.25) is 0 Å². The Hall–Kier alpha value is -3.35. The van der Waals surface area contributed by atoms with Gasteiger partial charge in [0.15, 0.2) is 0 Å². The maximum absolute atomic E-state index is 5.21. The van der Waals surface area contributed by atoms with E-state index in [1.54, 1.807) is 0 Å². The maximum atomic E-state index is 5.21. The molecule has 0 aliphatic heterocycles. The van der Waals surface area contributed by atoms with Crippen LogP contribution in [-0.2, 0) is 21.3 Å². The van der Waals surface area contributed by atoms with Crippen LogP contribution < -0.4 is 24.8 Å². The van der Waals surface area contributed by atoms with Crippen molar-refractivity contribution in [3.05, 3.63) is 178 Å². The van der Waals surface area contributed by atoms with Crippen molar-refractivity contribution in [2.45, 2.75) is 21.1 Å². The van der Waals surface area contributed by atoms with Crippen LogP contribution in [0.15, 0.2) is 145 Å². The SMILES string of the molecule is [CH2]=[Zr+2]([CH]1C(C)=C(c2cccc3ccccc23)c2ccccc21)[CH]1C(C)=C(c2cccc3ccccc23)c2ccccc21.[Cl-].[Cl-]. The predicted molar refractivity (Wildman–Crippen MR) is 177 cm³/mol. The molecule has 0 bridgehead atoms. The van der Waals surface area contributed by atoms with Crippen LogP contribution in [0.25, 0.3) is 32.7 Å². The van der Waals surface area contributed by atoms with Gasteiger partial charge in [-0.1, -0.05) is 0 Å². The zero-order chi connectivity index (χ0) is 28.4. The minimum atomic E-state index is -2.48. The molecule has 8 rings (SSSR count). The van der Waals surface area contributed by atoms with Crippen LogP contribution >= 0.6 is 0 Å². The Balaban J connectivity index is 0.00000171. The summed E-state index contributed by atoms with van der Waals surface area (Å²) in [6.07, 6.45) is 0. The van der Waals surface area contributed by atoms with Crippen molar-refractivity contribution in [2.75, 3.05) is 0 Å². The number of fused-ring (bicyclic) bond motifs is 4. The van der Waals surface area contributed by atoms with Gasteiger partial charge in [0, 0.05) is 0 Å². The second-order valence-electron chi connectivity index (χ2n) is 11.8. The van der Waals surface area contributed by atoms with E-state index in [0.717, 1.165) is 0 Å². The van der Waals surface area contributed by atoms with Crippen molar-refractivity contribution in [1.29, 1.82) is 0 Å². The molecule has 0 spiro atoms. The van der Waals surface area contributed by atoms with E-state index >= 15 is 0 Å². The largest absolute Gasteiger partial charge is 1.00 e. The second-order valence-corrected chi connectivity index (χ2v) is 17.4. The van der Waals surface area contributed by atoms with Gasteiger partial charge < -0.3 is 24.8 Å². The number of halogens is 2. The Morgan fingerprint density at radius 2 is 0.773 bits per heavy atom. The summed E-state index contributed by atoms with van der Waals surface area (Å²) in [6, 6.07) is 49.5. The van der Waals surface area contributed by atoms with Crippen molar-refractivity contribution in [1.82, 2.24) is 0 Å². The number of rotatable bonds is 4. The van der Waals surface area contributed by atoms with Crippen LogP contribution in [0, 0.1) is 0 Å². The molecule has 2 aliphatic carbocycles. The van der Waals surface area contributed by atoms with Gasteiger partial charge in [-0.25, -0.2) is 0 Å². The van der Waals surface area contributed by atoms with E-state index in [0.29, 0.717) is 7.25 Å². The van der Waals surface area contributed by atoms with Gasteiger partial charge in [-0.15, -0.1) is 0 Å². The summed E-state index contributed by atoms with van der Waals surface area (Å²) in [5.74, 6) is 0. The first-order valence-electron chi connectivity index (χ1n) is 14.9. The fraction of sp³-hybridized carbons (Fsp3) is 0.0976. The van der Waals surface area contributed by atoms with Gasteiger partial charge in [-0.05, 0) is 0 Å². The summed E-state index contributed by atoms with van der Waals surface area (Å²) in [6.45, 7) is 4.80. The summed E-state index contributed by atoms with van der Waals surface area (Å²) in [5, 5.41) is 5.26. The quantitative estimate of drug-likeness (QED) is 0.257. The summed E-state index contributed by atoms with van der Waals surface area (Å²) < 4.78 is 6.07. The standard InChI is InChI=1S/2C20H15.CH2.2ClH.Zr/c2*1-14-13-16-8-3-5-11-18(16)20(14)19-12-6-9-15-7-2-4-10-17(15)19;;;;/h2*2-13H,1H3;1H2;2*1H;/q;;;;;+2/p-2. The molecule has 0 nitrogen and oxygen atoms in total. The normalized spacial score (nSPS) is 16.7. The minimum absolute atomic E-state index is 0. The third kappa shape index (κ3) is 4.64. The van der Waals surface area contributed by atoms with Crippen molar-refractivity contribution in [3.8, 4) is 0 Å². The van der Waals surface area contributed by atoms with Gasteiger partial charge in [0.1, 0.15) is 0 Å². The Labute approximate surface area is 280 Å². The Morgan fingerprint density at radius 1 is 0.432 bits per heavy atom. The fourth-order valence-electron chi connectivity index (χ4n) is 7.86. The minimum Gasteiger partial charge on any atom is -1.00 e. The van der Waals surface area contributed by atoms with Crippen LogP contribution in [0.3, 0.4) is 0 Å². The van der Waals surface area contributed by atoms with E-state index in [2.05, 4.69) is 147 Å². The molecule has 2 aliphatic rings. The first-order chi connectivity index (χ1) is 20.6. The number of hydrogen-bond donors (Lipinski definition) is 0. The van der Waals surface area contributed by atoms with E-state index in [1.807, 2.05) is 0 Å². The Kier molecular flexibility index (Phi) is 8.51. The van der Waals surface area contributed by atoms with Gasteiger partial charge in [-0.2, -0.15) is 0 Å². The molecule has 0 heterocycles. The molecule has 0 radical (unpaired) electrons. The van der Waals surface area contributed by atoms with E-state index in [1.165, 1.54) is 77.2 Å². The van der Waals surface area contributed by atoms with E-state index < -0.39 is 21.3 Å². The number of benzene rings is 6. The molecule has 2 atom stereocenters. The average molecular weight is 687 g/mol. The first kappa shape index (κ1) is 30.7. The molecule has 3 heteroatoms. The van der Waals surface area contributed by atoms with Gasteiger partial charge in [0.05, 0.1) is 0 Å². The third-order valence-electron chi connectivity index (χ3n) is 9.60. The third-order valence-corrected chi connectivity index (χ3v) is 16.9. The van der Waals surface area contributed by atoms with Crippen molar-refractivity contribution < 1.29 is 46.1 Å². The molecular formula is C41H32Cl2Zr. The summed E-state index contributed by atoms with van der Waals surface area (Å²) >= 11 is -2.48. The molecule has 0 amide bonds. The smallest absolute Gasteiger partial charge is 1.00 e. The molecule has 44 heavy (non-hydrogen) atoms. The molecule has 2 unspecified atom stereocenters. The summed E-state index contributed by atoms with van der Waals surface area (Å²) in [7, 11) is 0. The van der Waals surface area contributed by atoms with Crippen molar-refractivity contribution >= 4 is 36.9 Å². The van der Waals surface area contributed by atoms with Crippen LogP contribution in [0.1, 0.15) is 54.5 Å². The molecule has 6 aromatic carbocycles. The van der Waals surface area contributed by atoms with Gasteiger partial charge >= 0.3 is 257 Å². The molecular weight excluding hydrogens is 655 g/mol. The average Bonchev–Trinajstić information content (AvgIpc) is 3.50. The first-order valence-corrected chi connectivity index (χ1v) is 19.5. The van der Waals surface area contributed by atoms with Gasteiger partial charge in [0.25, 0.3) is 0 Å².